The van der Waals surface area contributed by atoms with E-state index in [4.69, 9.17) is 0 Å². The van der Waals surface area contributed by atoms with E-state index in [0.29, 0.717) is 5.56 Å². The van der Waals surface area contributed by atoms with Crippen molar-refractivity contribution in [3.63, 3.8) is 0 Å². The Kier molecular flexibility index (Phi) is 7.01. The predicted octanol–water partition coefficient (Wildman–Crippen LogP) is 5.16. The van der Waals surface area contributed by atoms with Crippen molar-refractivity contribution in [2.75, 3.05) is 0 Å². The number of nitrogens with one attached hydrogen (secondary N) is 1. The van der Waals surface area contributed by atoms with Gasteiger partial charge in [-0.2, -0.15) is 5.10 Å². The van der Waals surface area contributed by atoms with Crippen molar-refractivity contribution in [3.8, 4) is 0 Å². The van der Waals surface area contributed by atoms with Gasteiger partial charge in [-0.1, -0.05) is 72.1 Å². The van der Waals surface area contributed by atoms with Crippen molar-refractivity contribution in [1.82, 2.24) is 5.43 Å². The minimum Gasteiger partial charge on any atom is -0.267 e. The standard InChI is InChI=1S/C19H21BrN2O/c1-2-3-5-13-18(15-9-6-4-7-10-15)21-22-19(23)16-11-8-12-17(20)14-16/h4,6-12,14H,2-3,5,13H2,1H3,(H,22,23). The highest BCUT2D eigenvalue weighted by Gasteiger charge is 2.07. The molecule has 2 rings (SSSR count). The summed E-state index contributed by atoms with van der Waals surface area (Å²) in [6.45, 7) is 2.17. The van der Waals surface area contributed by atoms with Crippen LogP contribution in [0.5, 0.6) is 0 Å². The normalized spacial score (nSPS) is 11.3. The molecule has 0 aliphatic rings. The van der Waals surface area contributed by atoms with Gasteiger partial charge < -0.3 is 0 Å². The van der Waals surface area contributed by atoms with Crippen LogP contribution < -0.4 is 5.43 Å². The molecule has 0 unspecified atom stereocenters. The molecule has 0 spiro atoms. The molecule has 2 aromatic carbocycles. The van der Waals surface area contributed by atoms with E-state index in [0.717, 1.165) is 41.4 Å². The Hall–Kier alpha value is -1.94. The van der Waals surface area contributed by atoms with Crippen molar-refractivity contribution >= 4 is 27.5 Å². The number of hydrazone groups is 1. The molecule has 0 aliphatic carbocycles. The van der Waals surface area contributed by atoms with Crippen LogP contribution in [0.4, 0.5) is 0 Å². The van der Waals surface area contributed by atoms with Gasteiger partial charge in [0.2, 0.25) is 0 Å². The smallest absolute Gasteiger partial charge is 0.267 e. The van der Waals surface area contributed by atoms with E-state index in [1.807, 2.05) is 42.5 Å². The van der Waals surface area contributed by atoms with E-state index in [1.165, 1.54) is 0 Å². The Morgan fingerprint density at radius 2 is 1.78 bits per heavy atom. The summed E-state index contributed by atoms with van der Waals surface area (Å²) in [5.74, 6) is -0.199. The van der Waals surface area contributed by atoms with E-state index in [2.05, 4.69) is 33.4 Å². The molecule has 3 nitrogen and oxygen atoms in total. The third kappa shape index (κ3) is 5.64. The first-order chi connectivity index (χ1) is 11.2. The SMILES string of the molecule is CCCCCC(=NNC(=O)c1cccc(Br)c1)c1ccccc1. The molecule has 0 saturated heterocycles. The van der Waals surface area contributed by atoms with Crippen LogP contribution in [0.15, 0.2) is 64.2 Å². The first kappa shape index (κ1) is 17.4. The van der Waals surface area contributed by atoms with Crippen LogP contribution in [0.2, 0.25) is 0 Å². The summed E-state index contributed by atoms with van der Waals surface area (Å²) < 4.78 is 0.875. The number of carbonyl (C=O) groups is 1. The first-order valence-corrected chi connectivity index (χ1v) is 8.68. The lowest BCUT2D eigenvalue weighted by atomic mass is 10.0. The molecule has 0 fully saturated rings. The predicted molar refractivity (Wildman–Crippen MR) is 98.7 cm³/mol. The fourth-order valence-corrected chi connectivity index (χ4v) is 2.65. The molecule has 1 amide bonds. The van der Waals surface area contributed by atoms with Gasteiger partial charge >= 0.3 is 0 Å². The Balaban J connectivity index is 2.11. The Labute approximate surface area is 145 Å². The highest BCUT2D eigenvalue weighted by molar-refractivity contribution is 9.10. The summed E-state index contributed by atoms with van der Waals surface area (Å²) in [6, 6.07) is 17.3. The van der Waals surface area contributed by atoms with E-state index in [-0.39, 0.29) is 5.91 Å². The fraction of sp³-hybridized carbons (Fsp3) is 0.263. The van der Waals surface area contributed by atoms with Crippen LogP contribution >= 0.6 is 15.9 Å². The second kappa shape index (κ2) is 9.26. The van der Waals surface area contributed by atoms with Gasteiger partial charge in [0.1, 0.15) is 0 Å². The maximum Gasteiger partial charge on any atom is 0.271 e. The van der Waals surface area contributed by atoms with E-state index in [1.54, 1.807) is 12.1 Å². The molecule has 23 heavy (non-hydrogen) atoms. The zero-order valence-corrected chi connectivity index (χ0v) is 14.8. The summed E-state index contributed by atoms with van der Waals surface area (Å²) >= 11 is 3.37. The molecule has 120 valence electrons. The molecule has 0 heterocycles. The topological polar surface area (TPSA) is 41.5 Å². The number of carbonyl (C=O) groups excluding carboxylic acids is 1. The molecule has 0 bridgehead atoms. The van der Waals surface area contributed by atoms with Crippen LogP contribution in [0.1, 0.15) is 48.5 Å². The Bertz CT molecular complexity index is 668. The number of hydrogen-bond acceptors (Lipinski definition) is 2. The summed E-state index contributed by atoms with van der Waals surface area (Å²) in [4.78, 5) is 12.2. The van der Waals surface area contributed by atoms with Crippen molar-refractivity contribution in [2.45, 2.75) is 32.6 Å². The van der Waals surface area contributed by atoms with Gasteiger partial charge in [0.15, 0.2) is 0 Å². The quantitative estimate of drug-likeness (QED) is 0.406. The highest BCUT2D eigenvalue weighted by Crippen LogP contribution is 2.12. The van der Waals surface area contributed by atoms with Crippen molar-refractivity contribution < 1.29 is 4.79 Å². The van der Waals surface area contributed by atoms with Crippen LogP contribution in [0.25, 0.3) is 0 Å². The van der Waals surface area contributed by atoms with Crippen LogP contribution in [-0.2, 0) is 0 Å². The molecule has 0 aliphatic heterocycles. The van der Waals surface area contributed by atoms with Gasteiger partial charge in [-0.25, -0.2) is 5.43 Å². The second-order valence-corrected chi connectivity index (χ2v) is 6.25. The van der Waals surface area contributed by atoms with Gasteiger partial charge in [-0.15, -0.1) is 0 Å². The average molecular weight is 373 g/mol. The van der Waals surface area contributed by atoms with Crippen molar-refractivity contribution in [1.29, 1.82) is 0 Å². The lowest BCUT2D eigenvalue weighted by molar-refractivity contribution is 0.0954. The Morgan fingerprint density at radius 1 is 1.04 bits per heavy atom. The molecule has 0 aromatic heterocycles. The third-order valence-corrected chi connectivity index (χ3v) is 4.00. The molecule has 1 N–H and O–H groups in total. The molecule has 2 aromatic rings. The maximum absolute atomic E-state index is 12.2. The van der Waals surface area contributed by atoms with Crippen LogP contribution in [0, 0.1) is 0 Å². The zero-order valence-electron chi connectivity index (χ0n) is 13.3. The number of amides is 1. The largest absolute Gasteiger partial charge is 0.271 e. The van der Waals surface area contributed by atoms with Gasteiger partial charge in [0.05, 0.1) is 5.71 Å². The van der Waals surface area contributed by atoms with Gasteiger partial charge in [-0.05, 0) is 36.6 Å². The zero-order chi connectivity index (χ0) is 16.5. The Morgan fingerprint density at radius 3 is 2.48 bits per heavy atom. The average Bonchev–Trinajstić information content (AvgIpc) is 2.58. The number of halogens is 1. The summed E-state index contributed by atoms with van der Waals surface area (Å²) in [5.41, 5.74) is 5.24. The minimum atomic E-state index is -0.199. The van der Waals surface area contributed by atoms with Crippen molar-refractivity contribution in [3.05, 3.63) is 70.2 Å². The van der Waals surface area contributed by atoms with Crippen LogP contribution in [0.3, 0.4) is 0 Å². The number of rotatable bonds is 7. The minimum absolute atomic E-state index is 0.199. The maximum atomic E-state index is 12.2. The molecule has 4 heteroatoms. The molecule has 0 atom stereocenters. The summed E-state index contributed by atoms with van der Waals surface area (Å²) in [7, 11) is 0. The molecule has 0 saturated carbocycles. The fourth-order valence-electron chi connectivity index (χ4n) is 2.25. The summed E-state index contributed by atoms with van der Waals surface area (Å²) in [6.07, 6.45) is 4.24. The number of benzene rings is 2. The van der Waals surface area contributed by atoms with Gasteiger partial charge in [0, 0.05) is 10.0 Å². The number of unbranched alkanes of at least 4 members (excludes halogenated alkanes) is 2. The number of nitrogens with zero attached hydrogens (tertiary/aromatic N) is 1. The summed E-state index contributed by atoms with van der Waals surface area (Å²) in [5, 5.41) is 4.37. The van der Waals surface area contributed by atoms with E-state index in [9.17, 15) is 4.79 Å². The lowest BCUT2D eigenvalue weighted by Crippen LogP contribution is -2.20. The van der Waals surface area contributed by atoms with Crippen molar-refractivity contribution in [2.24, 2.45) is 5.10 Å². The lowest BCUT2D eigenvalue weighted by Gasteiger charge is -2.08. The van der Waals surface area contributed by atoms with Gasteiger partial charge in [0.25, 0.3) is 5.91 Å². The van der Waals surface area contributed by atoms with Gasteiger partial charge in [-0.3, -0.25) is 4.79 Å². The third-order valence-electron chi connectivity index (χ3n) is 3.50. The number of hydrogen-bond donors (Lipinski definition) is 1. The van der Waals surface area contributed by atoms with E-state index >= 15 is 0 Å². The highest BCUT2D eigenvalue weighted by atomic mass is 79.9. The molecule has 0 radical (unpaired) electrons. The monoisotopic (exact) mass is 372 g/mol. The van der Waals surface area contributed by atoms with E-state index < -0.39 is 0 Å². The second-order valence-electron chi connectivity index (χ2n) is 5.33. The molecular weight excluding hydrogens is 352 g/mol. The molecular formula is C19H21BrN2O. The van der Waals surface area contributed by atoms with Crippen LogP contribution in [-0.4, -0.2) is 11.6 Å². The first-order valence-electron chi connectivity index (χ1n) is 7.88.